The van der Waals surface area contributed by atoms with E-state index in [2.05, 4.69) is 26.7 Å². The van der Waals surface area contributed by atoms with Crippen LogP contribution in [0.15, 0.2) is 18.3 Å². The van der Waals surface area contributed by atoms with E-state index in [-0.39, 0.29) is 18.1 Å². The predicted molar refractivity (Wildman–Crippen MR) is 121 cm³/mol. The zero-order chi connectivity index (χ0) is 23.8. The second-order valence-corrected chi connectivity index (χ2v) is 7.49. The summed E-state index contributed by atoms with van der Waals surface area (Å²) in [6.07, 6.45) is 4.10. The van der Waals surface area contributed by atoms with Crippen LogP contribution in [0.1, 0.15) is 33.6 Å². The van der Waals surface area contributed by atoms with Gasteiger partial charge in [-0.25, -0.2) is 14.8 Å². The average Bonchev–Trinajstić information content (AvgIpc) is 2.83. The molecule has 33 heavy (non-hydrogen) atoms. The normalized spacial score (nSPS) is 12.3. The van der Waals surface area contributed by atoms with E-state index in [4.69, 9.17) is 4.74 Å². The molecule has 3 heterocycles. The molecule has 0 saturated heterocycles. The van der Waals surface area contributed by atoms with Crippen LogP contribution < -0.4 is 15.5 Å². The first kappa shape index (κ1) is 23.6. The number of methoxy groups -OCH3 is 1. The van der Waals surface area contributed by atoms with E-state index in [1.807, 2.05) is 6.07 Å². The van der Waals surface area contributed by atoms with Gasteiger partial charge in [-0.1, -0.05) is 0 Å². The number of nitriles is 1. The van der Waals surface area contributed by atoms with E-state index in [0.717, 1.165) is 12.0 Å². The minimum absolute atomic E-state index is 0.184. The fraction of sp³-hybridized carbons (Fsp3) is 0.364. The molecule has 2 aromatic rings. The standard InChI is InChI=1S/C22H25N7O4/c1-28(14-31)12-16-8-15-4-3-6-29(21(15)26-19(16)13-30)22(32)27-20-9-18(24-5-7-33-2)17(10-23)11-25-20/h8-9,11,13-14H,3-7,12H2,1-2H3,(H2,24,25,27,32). The van der Waals surface area contributed by atoms with Crippen molar-refractivity contribution >= 4 is 36.1 Å². The Morgan fingerprint density at radius 2 is 2.21 bits per heavy atom. The highest BCUT2D eigenvalue weighted by molar-refractivity contribution is 6.01. The number of nitrogens with one attached hydrogen (secondary N) is 2. The summed E-state index contributed by atoms with van der Waals surface area (Å²) in [7, 11) is 3.19. The third-order valence-corrected chi connectivity index (χ3v) is 5.11. The molecule has 1 aliphatic heterocycles. The van der Waals surface area contributed by atoms with Crippen LogP contribution in [0, 0.1) is 11.3 Å². The van der Waals surface area contributed by atoms with Crippen LogP contribution in [0.2, 0.25) is 0 Å². The summed E-state index contributed by atoms with van der Waals surface area (Å²) < 4.78 is 5.01. The quantitative estimate of drug-likeness (QED) is 0.434. The molecule has 0 bridgehead atoms. The molecule has 1 aliphatic rings. The van der Waals surface area contributed by atoms with Crippen LogP contribution in [0.5, 0.6) is 0 Å². The molecule has 2 aromatic heterocycles. The maximum absolute atomic E-state index is 13.1. The molecule has 2 N–H and O–H groups in total. The maximum atomic E-state index is 13.1. The topological polar surface area (TPSA) is 141 Å². The Bertz CT molecular complexity index is 1080. The number of amides is 3. The van der Waals surface area contributed by atoms with Crippen LogP contribution in [0.4, 0.5) is 22.1 Å². The number of anilines is 3. The van der Waals surface area contributed by atoms with E-state index >= 15 is 0 Å². The highest BCUT2D eigenvalue weighted by Crippen LogP contribution is 2.28. The van der Waals surface area contributed by atoms with Gasteiger partial charge in [0.2, 0.25) is 6.41 Å². The lowest BCUT2D eigenvalue weighted by Crippen LogP contribution is -2.40. The fourth-order valence-corrected chi connectivity index (χ4v) is 3.51. The molecular weight excluding hydrogens is 426 g/mol. The molecule has 172 valence electrons. The van der Waals surface area contributed by atoms with Gasteiger partial charge in [0.25, 0.3) is 0 Å². The zero-order valence-electron chi connectivity index (χ0n) is 18.5. The SMILES string of the molecule is COCCNc1cc(NC(=O)N2CCCc3cc(CN(C)C=O)c(C=O)nc32)ncc1C#N. The molecule has 0 atom stereocenters. The second-order valence-electron chi connectivity index (χ2n) is 7.49. The summed E-state index contributed by atoms with van der Waals surface area (Å²) >= 11 is 0. The molecule has 11 heteroatoms. The van der Waals surface area contributed by atoms with Crippen molar-refractivity contribution < 1.29 is 19.1 Å². The van der Waals surface area contributed by atoms with Crippen LogP contribution in [0.25, 0.3) is 0 Å². The number of aryl methyl sites for hydroxylation is 1. The maximum Gasteiger partial charge on any atom is 0.328 e. The van der Waals surface area contributed by atoms with Crippen LogP contribution >= 0.6 is 0 Å². The Hall–Kier alpha value is -4.04. The van der Waals surface area contributed by atoms with E-state index in [1.54, 1.807) is 20.2 Å². The lowest BCUT2D eigenvalue weighted by Gasteiger charge is -2.29. The Morgan fingerprint density at radius 3 is 2.91 bits per heavy atom. The van der Waals surface area contributed by atoms with Gasteiger partial charge in [0.05, 0.1) is 17.9 Å². The van der Waals surface area contributed by atoms with Crippen molar-refractivity contribution in [2.24, 2.45) is 0 Å². The number of aldehydes is 1. The highest BCUT2D eigenvalue weighted by atomic mass is 16.5. The van der Waals surface area contributed by atoms with Gasteiger partial charge in [-0.15, -0.1) is 0 Å². The molecule has 0 radical (unpaired) electrons. The number of carbonyl (C=O) groups excluding carboxylic acids is 3. The Labute approximate surface area is 191 Å². The summed E-state index contributed by atoms with van der Waals surface area (Å²) in [6.45, 7) is 1.61. The van der Waals surface area contributed by atoms with Crippen molar-refractivity contribution in [2.75, 3.05) is 49.4 Å². The van der Waals surface area contributed by atoms with E-state index in [9.17, 15) is 19.6 Å². The number of urea groups is 1. The van der Waals surface area contributed by atoms with E-state index in [0.29, 0.717) is 61.4 Å². The molecule has 3 amide bonds. The van der Waals surface area contributed by atoms with Crippen molar-refractivity contribution in [1.29, 1.82) is 5.26 Å². The van der Waals surface area contributed by atoms with Crippen LogP contribution in [0.3, 0.4) is 0 Å². The molecule has 0 saturated carbocycles. The molecule has 0 aliphatic carbocycles. The summed E-state index contributed by atoms with van der Waals surface area (Å²) in [4.78, 5) is 47.1. The van der Waals surface area contributed by atoms with Gasteiger partial charge in [0.1, 0.15) is 23.4 Å². The number of aromatic nitrogens is 2. The Balaban J connectivity index is 1.83. The number of hydrogen-bond donors (Lipinski definition) is 2. The first-order valence-corrected chi connectivity index (χ1v) is 10.4. The van der Waals surface area contributed by atoms with Crippen LogP contribution in [-0.2, 0) is 22.5 Å². The molecule has 0 unspecified atom stereocenters. The van der Waals surface area contributed by atoms with Crippen molar-refractivity contribution in [3.63, 3.8) is 0 Å². The van der Waals surface area contributed by atoms with Gasteiger partial charge in [0, 0.05) is 51.6 Å². The minimum Gasteiger partial charge on any atom is -0.383 e. The zero-order valence-corrected chi connectivity index (χ0v) is 18.5. The third kappa shape index (κ3) is 5.61. The molecular formula is C22H25N7O4. The first-order valence-electron chi connectivity index (χ1n) is 10.4. The predicted octanol–water partition coefficient (Wildman–Crippen LogP) is 1.79. The lowest BCUT2D eigenvalue weighted by atomic mass is 10.0. The molecule has 3 rings (SSSR count). The minimum atomic E-state index is -0.446. The van der Waals surface area contributed by atoms with Gasteiger partial charge in [-0.05, 0) is 24.5 Å². The molecule has 0 spiro atoms. The largest absolute Gasteiger partial charge is 0.383 e. The number of hydrogen-bond acceptors (Lipinski definition) is 8. The fourth-order valence-electron chi connectivity index (χ4n) is 3.51. The van der Waals surface area contributed by atoms with Gasteiger partial charge < -0.3 is 15.0 Å². The molecule has 0 fully saturated rings. The van der Waals surface area contributed by atoms with Gasteiger partial charge in [-0.2, -0.15) is 5.26 Å². The molecule has 0 aromatic carbocycles. The number of nitrogens with zero attached hydrogens (tertiary/aromatic N) is 5. The Morgan fingerprint density at radius 1 is 1.39 bits per heavy atom. The monoisotopic (exact) mass is 451 g/mol. The van der Waals surface area contributed by atoms with Crippen molar-refractivity contribution in [1.82, 2.24) is 14.9 Å². The lowest BCUT2D eigenvalue weighted by molar-refractivity contribution is -0.117. The van der Waals surface area contributed by atoms with Crippen molar-refractivity contribution in [3.05, 3.63) is 40.7 Å². The molecule has 11 nitrogen and oxygen atoms in total. The van der Waals surface area contributed by atoms with Gasteiger partial charge in [-0.3, -0.25) is 19.8 Å². The van der Waals surface area contributed by atoms with E-state index in [1.165, 1.54) is 16.0 Å². The number of carbonyl (C=O) groups is 3. The average molecular weight is 451 g/mol. The number of rotatable bonds is 9. The summed E-state index contributed by atoms with van der Waals surface area (Å²) in [5.41, 5.74) is 2.51. The second kappa shape index (κ2) is 11.0. The highest BCUT2D eigenvalue weighted by Gasteiger charge is 2.26. The summed E-state index contributed by atoms with van der Waals surface area (Å²) in [6, 6.07) is 5.02. The Kier molecular flexibility index (Phi) is 7.88. The smallest absolute Gasteiger partial charge is 0.328 e. The van der Waals surface area contributed by atoms with Crippen molar-refractivity contribution in [2.45, 2.75) is 19.4 Å². The third-order valence-electron chi connectivity index (χ3n) is 5.11. The van der Waals surface area contributed by atoms with Crippen LogP contribution in [-0.4, -0.2) is 67.4 Å². The first-order chi connectivity index (χ1) is 16.0. The number of pyridine rings is 2. The number of ether oxygens (including phenoxy) is 1. The van der Waals surface area contributed by atoms with E-state index < -0.39 is 6.03 Å². The number of fused-ring (bicyclic) bond motifs is 1. The summed E-state index contributed by atoms with van der Waals surface area (Å²) in [5.74, 6) is 0.677. The van der Waals surface area contributed by atoms with Gasteiger partial charge >= 0.3 is 6.03 Å². The summed E-state index contributed by atoms with van der Waals surface area (Å²) in [5, 5.41) is 15.1. The van der Waals surface area contributed by atoms with Crippen molar-refractivity contribution in [3.8, 4) is 6.07 Å². The van der Waals surface area contributed by atoms with Gasteiger partial charge in [0.15, 0.2) is 6.29 Å².